The van der Waals surface area contributed by atoms with Gasteiger partial charge in [0.25, 0.3) is 5.91 Å². The first-order valence-electron chi connectivity index (χ1n) is 3.76. The summed E-state index contributed by atoms with van der Waals surface area (Å²) in [6, 6.07) is 5.19. The Morgan fingerprint density at radius 1 is 1.07 bits per heavy atom. The van der Waals surface area contributed by atoms with Gasteiger partial charge in [-0.3, -0.25) is 9.59 Å². The first kappa shape index (κ1) is 11.1. The van der Waals surface area contributed by atoms with Gasteiger partial charge >= 0.3 is 10.5 Å². The van der Waals surface area contributed by atoms with Crippen LogP contribution in [0.15, 0.2) is 28.6 Å². The summed E-state index contributed by atoms with van der Waals surface area (Å²) in [5, 5.41) is 0. The van der Waals surface area contributed by atoms with Gasteiger partial charge < -0.3 is 5.73 Å². The van der Waals surface area contributed by atoms with E-state index in [1.54, 1.807) is 0 Å². The predicted octanol–water partition coefficient (Wildman–Crippen LogP) is -0.0116. The van der Waals surface area contributed by atoms with Crippen LogP contribution in [0.2, 0.25) is 0 Å². The van der Waals surface area contributed by atoms with Crippen LogP contribution >= 0.6 is 0 Å². The molecule has 1 rings (SSSR count). The van der Waals surface area contributed by atoms with Gasteiger partial charge in [-0.1, -0.05) is 4.36 Å². The minimum atomic E-state index is -2.78. The van der Waals surface area contributed by atoms with Crippen LogP contribution in [0.5, 0.6) is 0 Å². The van der Waals surface area contributed by atoms with Crippen LogP contribution in [0, 0.1) is 0 Å². The third-order valence-corrected chi connectivity index (χ3v) is 1.89. The van der Waals surface area contributed by atoms with Crippen molar-refractivity contribution in [1.29, 1.82) is 0 Å². The lowest BCUT2D eigenvalue weighted by atomic mass is 10.1. The minimum absolute atomic E-state index is 0.0733. The average Bonchev–Trinajstić information content (AvgIpc) is 2.17. The van der Waals surface area contributed by atoms with Crippen molar-refractivity contribution in [1.82, 2.24) is 0 Å². The third-order valence-electron chi connectivity index (χ3n) is 1.57. The van der Waals surface area contributed by atoms with Crippen molar-refractivity contribution in [2.75, 3.05) is 0 Å². The highest BCUT2D eigenvalue weighted by molar-refractivity contribution is 7.62. The molecule has 0 radical (unpaired) electrons. The van der Waals surface area contributed by atoms with Gasteiger partial charge in [-0.25, -0.2) is 0 Å². The Hall–Kier alpha value is -2.02. The molecule has 7 heteroatoms. The van der Waals surface area contributed by atoms with Gasteiger partial charge in [0, 0.05) is 11.1 Å². The smallest absolute Gasteiger partial charge is 0.319 e. The molecule has 0 aliphatic carbocycles. The summed E-state index contributed by atoms with van der Waals surface area (Å²) >= 11 is 0. The van der Waals surface area contributed by atoms with Crippen molar-refractivity contribution < 1.29 is 18.0 Å². The number of rotatable bonds is 2. The van der Waals surface area contributed by atoms with Crippen molar-refractivity contribution in [2.45, 2.75) is 0 Å². The monoisotopic (exact) mass is 226 g/mol. The SMILES string of the molecule is NC(=O)c1ccc(C(=O)N=S(=O)=O)cc1. The maximum absolute atomic E-state index is 11.1. The number of benzene rings is 1. The minimum Gasteiger partial charge on any atom is -0.366 e. The Bertz CT molecular complexity index is 522. The predicted molar refractivity (Wildman–Crippen MR) is 50.6 cm³/mol. The van der Waals surface area contributed by atoms with Gasteiger partial charge in [0.05, 0.1) is 0 Å². The number of nitrogens with two attached hydrogens (primary N) is 1. The molecular weight excluding hydrogens is 220 g/mol. The molecule has 1 aromatic carbocycles. The molecule has 0 aliphatic rings. The quantitative estimate of drug-likeness (QED) is 0.765. The molecular formula is C8H6N2O4S. The van der Waals surface area contributed by atoms with Gasteiger partial charge in [-0.15, -0.1) is 0 Å². The molecule has 0 aliphatic heterocycles. The summed E-state index contributed by atoms with van der Waals surface area (Å²) in [5.41, 5.74) is 5.28. The zero-order chi connectivity index (χ0) is 11.4. The van der Waals surface area contributed by atoms with Gasteiger partial charge in [-0.05, 0) is 24.3 Å². The largest absolute Gasteiger partial charge is 0.366 e. The van der Waals surface area contributed by atoms with E-state index in [1.807, 2.05) is 0 Å². The zero-order valence-corrected chi connectivity index (χ0v) is 8.19. The first-order valence-corrected chi connectivity index (χ1v) is 4.79. The van der Waals surface area contributed by atoms with Crippen LogP contribution < -0.4 is 5.73 Å². The summed E-state index contributed by atoms with van der Waals surface area (Å²) in [4.78, 5) is 21.7. The Balaban J connectivity index is 3.04. The van der Waals surface area contributed by atoms with E-state index in [2.05, 4.69) is 4.36 Å². The molecule has 0 spiro atoms. The molecule has 6 nitrogen and oxygen atoms in total. The molecule has 0 heterocycles. The van der Waals surface area contributed by atoms with Crippen molar-refractivity contribution in [3.05, 3.63) is 35.4 Å². The van der Waals surface area contributed by atoms with Crippen molar-refractivity contribution in [2.24, 2.45) is 10.1 Å². The lowest BCUT2D eigenvalue weighted by Crippen LogP contribution is -2.10. The fourth-order valence-corrected chi connectivity index (χ4v) is 1.14. The second kappa shape index (κ2) is 4.47. The molecule has 0 atom stereocenters. The first-order chi connectivity index (χ1) is 7.00. The second-order valence-corrected chi connectivity index (χ2v) is 3.17. The van der Waals surface area contributed by atoms with Crippen LogP contribution in [0.4, 0.5) is 0 Å². The van der Waals surface area contributed by atoms with Gasteiger partial charge in [0.2, 0.25) is 5.91 Å². The van der Waals surface area contributed by atoms with E-state index in [4.69, 9.17) is 5.73 Å². The van der Waals surface area contributed by atoms with E-state index in [0.717, 1.165) is 0 Å². The second-order valence-electron chi connectivity index (χ2n) is 2.56. The number of primary amides is 1. The van der Waals surface area contributed by atoms with Crippen molar-refractivity contribution in [3.8, 4) is 0 Å². The average molecular weight is 226 g/mol. The fourth-order valence-electron chi connectivity index (χ4n) is 0.897. The standard InChI is InChI=1S/C8H6N2O4S/c9-7(11)5-1-3-6(4-2-5)8(12)10-15(13)14/h1-4H,(H2,9,11). The zero-order valence-electron chi connectivity index (χ0n) is 7.38. The van der Waals surface area contributed by atoms with Gasteiger partial charge in [-0.2, -0.15) is 8.42 Å². The Kier molecular flexibility index (Phi) is 3.29. The molecule has 0 saturated carbocycles. The highest BCUT2D eigenvalue weighted by Gasteiger charge is 2.05. The Morgan fingerprint density at radius 3 is 1.93 bits per heavy atom. The van der Waals surface area contributed by atoms with Crippen LogP contribution in [0.25, 0.3) is 0 Å². The molecule has 0 fully saturated rings. The van der Waals surface area contributed by atoms with Crippen molar-refractivity contribution >= 4 is 22.3 Å². The van der Waals surface area contributed by atoms with Crippen LogP contribution in [-0.4, -0.2) is 20.2 Å². The molecule has 1 aromatic rings. The highest BCUT2D eigenvalue weighted by atomic mass is 32.2. The number of carbonyl (C=O) groups is 2. The molecule has 2 N–H and O–H groups in total. The fraction of sp³-hybridized carbons (Fsp3) is 0. The van der Waals surface area contributed by atoms with E-state index in [0.29, 0.717) is 0 Å². The maximum atomic E-state index is 11.1. The normalized spacial score (nSPS) is 9.33. The summed E-state index contributed by atoms with van der Waals surface area (Å²) in [6.07, 6.45) is 0. The number of hydrogen-bond donors (Lipinski definition) is 1. The molecule has 2 amide bonds. The topological polar surface area (TPSA) is 107 Å². The summed E-state index contributed by atoms with van der Waals surface area (Å²) in [6.45, 7) is 0. The van der Waals surface area contributed by atoms with Gasteiger partial charge in [0.1, 0.15) is 0 Å². The summed E-state index contributed by atoms with van der Waals surface area (Å²) < 4.78 is 23.0. The molecule has 78 valence electrons. The summed E-state index contributed by atoms with van der Waals surface area (Å²) in [5.74, 6) is -1.52. The van der Waals surface area contributed by atoms with E-state index < -0.39 is 22.3 Å². The van der Waals surface area contributed by atoms with E-state index in [-0.39, 0.29) is 11.1 Å². The number of carbonyl (C=O) groups excluding carboxylic acids is 2. The maximum Gasteiger partial charge on any atom is 0.319 e. The summed E-state index contributed by atoms with van der Waals surface area (Å²) in [7, 11) is -2.78. The molecule has 0 bridgehead atoms. The van der Waals surface area contributed by atoms with Crippen LogP contribution in [-0.2, 0) is 10.5 Å². The van der Waals surface area contributed by atoms with Crippen LogP contribution in [0.3, 0.4) is 0 Å². The Labute approximate surface area is 86.4 Å². The molecule has 15 heavy (non-hydrogen) atoms. The number of amides is 2. The van der Waals surface area contributed by atoms with E-state index >= 15 is 0 Å². The van der Waals surface area contributed by atoms with E-state index in [1.165, 1.54) is 24.3 Å². The molecule has 0 unspecified atom stereocenters. The Morgan fingerprint density at radius 2 is 1.53 bits per heavy atom. The van der Waals surface area contributed by atoms with Crippen LogP contribution in [0.1, 0.15) is 20.7 Å². The number of hydrogen-bond acceptors (Lipinski definition) is 4. The highest BCUT2D eigenvalue weighted by Crippen LogP contribution is 2.05. The van der Waals surface area contributed by atoms with Gasteiger partial charge in [0.15, 0.2) is 0 Å². The van der Waals surface area contributed by atoms with E-state index in [9.17, 15) is 18.0 Å². The third kappa shape index (κ3) is 2.99. The lowest BCUT2D eigenvalue weighted by molar-refractivity contribution is 0.0990. The number of nitrogens with zero attached hydrogens (tertiary/aromatic N) is 1. The van der Waals surface area contributed by atoms with Crippen molar-refractivity contribution in [3.63, 3.8) is 0 Å². The molecule has 0 saturated heterocycles. The molecule has 0 aromatic heterocycles. The lowest BCUT2D eigenvalue weighted by Gasteiger charge is -1.95.